The van der Waals surface area contributed by atoms with Crippen LogP contribution in [0.2, 0.25) is 0 Å². The average Bonchev–Trinajstić information content (AvgIpc) is 2.27. The molecule has 0 unspecified atom stereocenters. The van der Waals surface area contributed by atoms with Gasteiger partial charge in [0.1, 0.15) is 12.0 Å². The highest BCUT2D eigenvalue weighted by Crippen LogP contribution is 2.30. The van der Waals surface area contributed by atoms with Gasteiger partial charge in [-0.25, -0.2) is 0 Å². The standard InChI is InChI=1S/C11H12N2O4/c14-6-7-1-2-10(11(3-7)13(16)17)12-8-4-9(15)5-8/h1-3,6,8-9,12,15H,4-5H2. The third-order valence-corrected chi connectivity index (χ3v) is 2.83. The fourth-order valence-electron chi connectivity index (χ4n) is 1.82. The van der Waals surface area contributed by atoms with E-state index in [2.05, 4.69) is 5.32 Å². The SMILES string of the molecule is O=Cc1ccc(NC2CC(O)C2)c([N+](=O)[O-])c1. The highest BCUT2D eigenvalue weighted by molar-refractivity contribution is 5.79. The van der Waals surface area contributed by atoms with Crippen LogP contribution in [0.25, 0.3) is 0 Å². The second-order valence-electron chi connectivity index (χ2n) is 4.12. The molecule has 1 aromatic carbocycles. The van der Waals surface area contributed by atoms with Crippen LogP contribution in [-0.4, -0.2) is 28.5 Å². The highest BCUT2D eigenvalue weighted by Gasteiger charge is 2.28. The van der Waals surface area contributed by atoms with Crippen LogP contribution >= 0.6 is 0 Å². The van der Waals surface area contributed by atoms with Crippen molar-refractivity contribution in [2.75, 3.05) is 5.32 Å². The summed E-state index contributed by atoms with van der Waals surface area (Å²) in [5, 5.41) is 23.0. The number of aliphatic hydroxyl groups excluding tert-OH is 1. The smallest absolute Gasteiger partial charge is 0.293 e. The summed E-state index contributed by atoms with van der Waals surface area (Å²) in [6, 6.07) is 4.35. The Labute approximate surface area is 97.4 Å². The number of nitrogens with one attached hydrogen (secondary N) is 1. The largest absolute Gasteiger partial charge is 0.393 e. The van der Waals surface area contributed by atoms with Crippen molar-refractivity contribution in [3.05, 3.63) is 33.9 Å². The number of aliphatic hydroxyl groups is 1. The number of aldehydes is 1. The molecule has 0 spiro atoms. The molecule has 6 heteroatoms. The van der Waals surface area contributed by atoms with E-state index in [1.165, 1.54) is 18.2 Å². The van der Waals surface area contributed by atoms with E-state index in [9.17, 15) is 14.9 Å². The van der Waals surface area contributed by atoms with E-state index in [4.69, 9.17) is 5.11 Å². The fourth-order valence-corrected chi connectivity index (χ4v) is 1.82. The van der Waals surface area contributed by atoms with Crippen LogP contribution in [-0.2, 0) is 0 Å². The quantitative estimate of drug-likeness (QED) is 0.467. The van der Waals surface area contributed by atoms with Crippen LogP contribution in [0.1, 0.15) is 23.2 Å². The summed E-state index contributed by atoms with van der Waals surface area (Å²) in [7, 11) is 0. The second kappa shape index (κ2) is 4.50. The van der Waals surface area contributed by atoms with Gasteiger partial charge in [-0.2, -0.15) is 0 Å². The Kier molecular flexibility index (Phi) is 3.06. The monoisotopic (exact) mass is 236 g/mol. The van der Waals surface area contributed by atoms with Crippen LogP contribution in [0, 0.1) is 10.1 Å². The molecule has 0 heterocycles. The lowest BCUT2D eigenvalue weighted by Crippen LogP contribution is -2.39. The summed E-state index contributed by atoms with van der Waals surface area (Å²) in [5.41, 5.74) is 0.546. The van der Waals surface area contributed by atoms with Crippen molar-refractivity contribution in [1.82, 2.24) is 0 Å². The summed E-state index contributed by atoms with van der Waals surface area (Å²) in [6.45, 7) is 0. The topological polar surface area (TPSA) is 92.5 Å². The zero-order valence-corrected chi connectivity index (χ0v) is 9.00. The van der Waals surface area contributed by atoms with Crippen LogP contribution < -0.4 is 5.32 Å². The van der Waals surface area contributed by atoms with Crippen LogP contribution in [0.3, 0.4) is 0 Å². The molecule has 6 nitrogen and oxygen atoms in total. The van der Waals surface area contributed by atoms with Crippen molar-refractivity contribution >= 4 is 17.7 Å². The number of hydrogen-bond donors (Lipinski definition) is 2. The minimum absolute atomic E-state index is 0.0609. The molecule has 0 radical (unpaired) electrons. The van der Waals surface area contributed by atoms with Crippen molar-refractivity contribution in [2.24, 2.45) is 0 Å². The first-order valence-electron chi connectivity index (χ1n) is 5.28. The summed E-state index contributed by atoms with van der Waals surface area (Å²) in [4.78, 5) is 20.9. The maximum atomic E-state index is 10.8. The van der Waals surface area contributed by atoms with Gasteiger partial charge in [0.25, 0.3) is 5.69 Å². The number of carbonyl (C=O) groups is 1. The Hall–Kier alpha value is -1.95. The first-order valence-corrected chi connectivity index (χ1v) is 5.28. The Morgan fingerprint density at radius 1 is 1.47 bits per heavy atom. The molecule has 90 valence electrons. The Balaban J connectivity index is 2.20. The summed E-state index contributed by atoms with van der Waals surface area (Å²) in [6.07, 6.45) is 1.43. The van der Waals surface area contributed by atoms with Crippen molar-refractivity contribution in [3.8, 4) is 0 Å². The number of rotatable bonds is 4. The molecule has 1 saturated carbocycles. The lowest BCUT2D eigenvalue weighted by Gasteiger charge is -2.32. The molecular formula is C11H12N2O4. The summed E-state index contributed by atoms with van der Waals surface area (Å²) < 4.78 is 0. The van der Waals surface area contributed by atoms with Crippen molar-refractivity contribution in [1.29, 1.82) is 0 Å². The maximum absolute atomic E-state index is 10.8. The predicted molar refractivity (Wildman–Crippen MR) is 61.1 cm³/mol. The molecule has 0 atom stereocenters. The van der Waals surface area contributed by atoms with Gasteiger partial charge in [-0.15, -0.1) is 0 Å². The van der Waals surface area contributed by atoms with E-state index in [1.807, 2.05) is 0 Å². The number of nitro benzene ring substituents is 1. The zero-order chi connectivity index (χ0) is 12.4. The van der Waals surface area contributed by atoms with Crippen LogP contribution in [0.4, 0.5) is 11.4 Å². The number of nitrogens with zero attached hydrogens (tertiary/aromatic N) is 1. The van der Waals surface area contributed by atoms with Gasteiger partial charge >= 0.3 is 0 Å². The Morgan fingerprint density at radius 2 is 2.18 bits per heavy atom. The van der Waals surface area contributed by atoms with Gasteiger partial charge in [0, 0.05) is 17.7 Å². The zero-order valence-electron chi connectivity index (χ0n) is 9.00. The van der Waals surface area contributed by atoms with E-state index in [0.29, 0.717) is 24.8 Å². The van der Waals surface area contributed by atoms with Gasteiger partial charge in [0.05, 0.1) is 11.0 Å². The molecule has 0 aliphatic heterocycles. The number of benzene rings is 1. The van der Waals surface area contributed by atoms with Crippen LogP contribution in [0.5, 0.6) is 0 Å². The lowest BCUT2D eigenvalue weighted by atomic mass is 9.89. The fraction of sp³-hybridized carbons (Fsp3) is 0.364. The summed E-state index contributed by atoms with van der Waals surface area (Å²) >= 11 is 0. The molecule has 1 aliphatic carbocycles. The van der Waals surface area contributed by atoms with E-state index in [-0.39, 0.29) is 23.4 Å². The van der Waals surface area contributed by atoms with Gasteiger partial charge in [-0.1, -0.05) is 0 Å². The third kappa shape index (κ3) is 2.42. The predicted octanol–water partition coefficient (Wildman–Crippen LogP) is 1.34. The van der Waals surface area contributed by atoms with Gasteiger partial charge in [0.15, 0.2) is 0 Å². The number of hydrogen-bond acceptors (Lipinski definition) is 5. The molecule has 0 amide bonds. The molecule has 2 N–H and O–H groups in total. The van der Waals surface area contributed by atoms with Gasteiger partial charge < -0.3 is 10.4 Å². The number of nitro groups is 1. The van der Waals surface area contributed by atoms with Crippen molar-refractivity contribution in [2.45, 2.75) is 25.0 Å². The van der Waals surface area contributed by atoms with E-state index in [1.54, 1.807) is 0 Å². The van der Waals surface area contributed by atoms with E-state index in [0.717, 1.165) is 0 Å². The molecule has 2 rings (SSSR count). The average molecular weight is 236 g/mol. The van der Waals surface area contributed by atoms with E-state index >= 15 is 0 Å². The molecule has 1 aliphatic rings. The molecule has 17 heavy (non-hydrogen) atoms. The number of carbonyl (C=O) groups excluding carboxylic acids is 1. The molecule has 1 aromatic rings. The molecule has 0 saturated heterocycles. The van der Waals surface area contributed by atoms with Gasteiger partial charge in [0.2, 0.25) is 0 Å². The summed E-state index contributed by atoms with van der Waals surface area (Å²) in [5.74, 6) is 0. The minimum Gasteiger partial charge on any atom is -0.393 e. The van der Waals surface area contributed by atoms with Crippen molar-refractivity contribution < 1.29 is 14.8 Å². The molecular weight excluding hydrogens is 224 g/mol. The molecule has 0 aromatic heterocycles. The van der Waals surface area contributed by atoms with Crippen molar-refractivity contribution in [3.63, 3.8) is 0 Å². The van der Waals surface area contributed by atoms with Gasteiger partial charge in [-0.05, 0) is 25.0 Å². The van der Waals surface area contributed by atoms with Gasteiger partial charge in [-0.3, -0.25) is 14.9 Å². The normalized spacial score (nSPS) is 22.6. The maximum Gasteiger partial charge on any atom is 0.293 e. The third-order valence-electron chi connectivity index (χ3n) is 2.83. The van der Waals surface area contributed by atoms with E-state index < -0.39 is 4.92 Å². The minimum atomic E-state index is -0.523. The number of anilines is 1. The first kappa shape index (κ1) is 11.5. The first-order chi connectivity index (χ1) is 8.10. The molecule has 0 bridgehead atoms. The Bertz CT molecular complexity index is 455. The Morgan fingerprint density at radius 3 is 2.71 bits per heavy atom. The molecule has 1 fully saturated rings. The lowest BCUT2D eigenvalue weighted by molar-refractivity contribution is -0.384. The highest BCUT2D eigenvalue weighted by atomic mass is 16.6. The van der Waals surface area contributed by atoms with Crippen LogP contribution in [0.15, 0.2) is 18.2 Å². The second-order valence-corrected chi connectivity index (χ2v) is 4.12.